The van der Waals surface area contributed by atoms with Crippen molar-refractivity contribution < 1.29 is 19.4 Å². The number of carbonyl (C=O) groups is 2. The summed E-state index contributed by atoms with van der Waals surface area (Å²) in [6, 6.07) is -0.804. The van der Waals surface area contributed by atoms with Crippen LogP contribution in [0.1, 0.15) is 46.5 Å². The molecule has 0 aliphatic rings. The van der Waals surface area contributed by atoms with E-state index in [1.54, 1.807) is 0 Å². The molecule has 18 heavy (non-hydrogen) atoms. The molecule has 0 aromatic carbocycles. The van der Waals surface area contributed by atoms with E-state index in [0.29, 0.717) is 18.9 Å². The van der Waals surface area contributed by atoms with E-state index in [9.17, 15) is 9.59 Å². The van der Waals surface area contributed by atoms with Gasteiger partial charge >= 0.3 is 12.1 Å². The second kappa shape index (κ2) is 8.78. The van der Waals surface area contributed by atoms with Gasteiger partial charge in [-0.05, 0) is 25.2 Å². The summed E-state index contributed by atoms with van der Waals surface area (Å²) in [7, 11) is 1.48. The predicted molar refractivity (Wildman–Crippen MR) is 69.5 cm³/mol. The van der Waals surface area contributed by atoms with Crippen molar-refractivity contribution in [3.8, 4) is 0 Å². The lowest BCUT2D eigenvalue weighted by atomic mass is 10.0. The van der Waals surface area contributed by atoms with Crippen molar-refractivity contribution >= 4 is 12.1 Å². The van der Waals surface area contributed by atoms with Crippen LogP contribution in [0.15, 0.2) is 0 Å². The molecular formula is C13H25NO4. The van der Waals surface area contributed by atoms with Gasteiger partial charge in [-0.25, -0.2) is 9.59 Å². The van der Waals surface area contributed by atoms with Crippen molar-refractivity contribution in [3.05, 3.63) is 0 Å². The first kappa shape index (κ1) is 16.7. The number of rotatable bonds is 8. The van der Waals surface area contributed by atoms with Gasteiger partial charge in [-0.1, -0.05) is 27.2 Å². The molecule has 0 aromatic rings. The highest BCUT2D eigenvalue weighted by Gasteiger charge is 2.27. The SMILES string of the molecule is CCCCOC(=O)N(C)C(CCC(C)C)C(=O)O. The molecule has 5 nitrogen and oxygen atoms in total. The van der Waals surface area contributed by atoms with Gasteiger partial charge in [-0.15, -0.1) is 0 Å². The summed E-state index contributed by atoms with van der Waals surface area (Å²) in [5.74, 6) is -0.568. The van der Waals surface area contributed by atoms with Gasteiger partial charge in [-0.2, -0.15) is 0 Å². The third-order valence-corrected chi connectivity index (χ3v) is 2.78. The van der Waals surface area contributed by atoms with Crippen molar-refractivity contribution in [2.45, 2.75) is 52.5 Å². The Morgan fingerprint density at radius 2 is 1.89 bits per heavy atom. The van der Waals surface area contributed by atoms with Crippen LogP contribution in [-0.4, -0.2) is 41.8 Å². The maximum Gasteiger partial charge on any atom is 0.410 e. The van der Waals surface area contributed by atoms with E-state index in [0.717, 1.165) is 19.3 Å². The molecule has 0 rings (SSSR count). The number of nitrogens with zero attached hydrogens (tertiary/aromatic N) is 1. The molecule has 0 bridgehead atoms. The minimum atomic E-state index is -0.981. The van der Waals surface area contributed by atoms with Gasteiger partial charge in [0.05, 0.1) is 6.61 Å². The Kier molecular flexibility index (Phi) is 8.16. The van der Waals surface area contributed by atoms with Crippen LogP contribution in [0.25, 0.3) is 0 Å². The van der Waals surface area contributed by atoms with Gasteiger partial charge in [0, 0.05) is 7.05 Å². The van der Waals surface area contributed by atoms with Gasteiger partial charge < -0.3 is 9.84 Å². The van der Waals surface area contributed by atoms with Crippen LogP contribution in [-0.2, 0) is 9.53 Å². The summed E-state index contributed by atoms with van der Waals surface area (Å²) in [4.78, 5) is 24.0. The number of carbonyl (C=O) groups excluding carboxylic acids is 1. The quantitative estimate of drug-likeness (QED) is 0.681. The number of carboxylic acid groups (broad SMARTS) is 1. The molecule has 106 valence electrons. The third kappa shape index (κ3) is 6.47. The second-order valence-corrected chi connectivity index (χ2v) is 4.90. The Morgan fingerprint density at radius 1 is 1.28 bits per heavy atom. The summed E-state index contributed by atoms with van der Waals surface area (Å²) in [6.45, 7) is 6.40. The van der Waals surface area contributed by atoms with Crippen LogP contribution in [0.5, 0.6) is 0 Å². The van der Waals surface area contributed by atoms with Crippen molar-refractivity contribution in [2.24, 2.45) is 5.92 Å². The molecule has 1 N–H and O–H groups in total. The van der Waals surface area contributed by atoms with Gasteiger partial charge in [0.1, 0.15) is 6.04 Å². The predicted octanol–water partition coefficient (Wildman–Crippen LogP) is 2.74. The molecule has 0 spiro atoms. The third-order valence-electron chi connectivity index (χ3n) is 2.78. The van der Waals surface area contributed by atoms with Crippen LogP contribution in [0.4, 0.5) is 4.79 Å². The molecule has 0 heterocycles. The second-order valence-electron chi connectivity index (χ2n) is 4.90. The molecule has 1 amide bonds. The van der Waals surface area contributed by atoms with Gasteiger partial charge in [0.2, 0.25) is 0 Å². The van der Waals surface area contributed by atoms with Crippen LogP contribution < -0.4 is 0 Å². The van der Waals surface area contributed by atoms with Crippen molar-refractivity contribution in [1.29, 1.82) is 0 Å². The Bertz CT molecular complexity index is 266. The fourth-order valence-electron chi connectivity index (χ4n) is 1.51. The van der Waals surface area contributed by atoms with Gasteiger partial charge in [-0.3, -0.25) is 4.90 Å². The number of hydrogen-bond donors (Lipinski definition) is 1. The van der Waals surface area contributed by atoms with Gasteiger partial charge in [0.15, 0.2) is 0 Å². The highest BCUT2D eigenvalue weighted by molar-refractivity contribution is 5.79. The zero-order chi connectivity index (χ0) is 14.1. The monoisotopic (exact) mass is 259 g/mol. The first-order valence-electron chi connectivity index (χ1n) is 6.52. The summed E-state index contributed by atoms with van der Waals surface area (Å²) in [6.07, 6.45) is 2.39. The molecule has 0 saturated heterocycles. The standard InChI is InChI=1S/C13H25NO4/c1-5-6-9-18-13(17)14(4)11(12(15)16)8-7-10(2)3/h10-11H,5-9H2,1-4H3,(H,15,16). The zero-order valence-corrected chi connectivity index (χ0v) is 11.8. The average Bonchev–Trinajstić information content (AvgIpc) is 2.28. The number of unbranched alkanes of at least 4 members (excludes halogenated alkanes) is 1. The molecule has 1 atom stereocenters. The normalized spacial score (nSPS) is 12.3. The maximum atomic E-state index is 11.6. The molecule has 0 fully saturated rings. The molecule has 0 radical (unpaired) electrons. The largest absolute Gasteiger partial charge is 0.480 e. The van der Waals surface area contributed by atoms with Crippen molar-refractivity contribution in [2.75, 3.05) is 13.7 Å². The Labute approximate surface area is 109 Å². The first-order valence-corrected chi connectivity index (χ1v) is 6.52. The average molecular weight is 259 g/mol. The molecule has 1 unspecified atom stereocenters. The molecule has 5 heteroatoms. The summed E-state index contributed by atoms with van der Waals surface area (Å²) < 4.78 is 5.01. The number of hydrogen-bond acceptors (Lipinski definition) is 3. The Hall–Kier alpha value is -1.26. The van der Waals surface area contributed by atoms with E-state index in [4.69, 9.17) is 9.84 Å². The van der Waals surface area contributed by atoms with E-state index in [-0.39, 0.29) is 0 Å². The molecule has 0 aliphatic carbocycles. The number of amides is 1. The highest BCUT2D eigenvalue weighted by Crippen LogP contribution is 2.12. The minimum absolute atomic E-state index is 0.343. The van der Waals surface area contributed by atoms with E-state index in [1.807, 2.05) is 20.8 Å². The van der Waals surface area contributed by atoms with Gasteiger partial charge in [0.25, 0.3) is 0 Å². The topological polar surface area (TPSA) is 66.8 Å². The summed E-state index contributed by atoms with van der Waals surface area (Å²) in [5.41, 5.74) is 0. The zero-order valence-electron chi connectivity index (χ0n) is 11.8. The van der Waals surface area contributed by atoms with E-state index >= 15 is 0 Å². The Morgan fingerprint density at radius 3 is 2.33 bits per heavy atom. The number of carboxylic acids is 1. The van der Waals surface area contributed by atoms with Crippen molar-refractivity contribution in [1.82, 2.24) is 4.90 Å². The van der Waals surface area contributed by atoms with Crippen LogP contribution in [0, 0.1) is 5.92 Å². The first-order chi connectivity index (χ1) is 8.40. The lowest BCUT2D eigenvalue weighted by Gasteiger charge is -2.24. The Balaban J connectivity index is 4.32. The number of ether oxygens (including phenoxy) is 1. The van der Waals surface area contributed by atoms with E-state index in [2.05, 4.69) is 0 Å². The number of likely N-dealkylation sites (N-methyl/N-ethyl adjacent to an activating group) is 1. The van der Waals surface area contributed by atoms with Crippen LogP contribution in [0.2, 0.25) is 0 Å². The molecule has 0 aliphatic heterocycles. The lowest BCUT2D eigenvalue weighted by molar-refractivity contribution is -0.142. The van der Waals surface area contributed by atoms with Crippen LogP contribution >= 0.6 is 0 Å². The lowest BCUT2D eigenvalue weighted by Crippen LogP contribution is -2.42. The summed E-state index contributed by atoms with van der Waals surface area (Å²) >= 11 is 0. The minimum Gasteiger partial charge on any atom is -0.480 e. The molecule has 0 saturated carbocycles. The molecular weight excluding hydrogens is 234 g/mol. The summed E-state index contributed by atoms with van der Waals surface area (Å²) in [5, 5.41) is 9.13. The smallest absolute Gasteiger partial charge is 0.410 e. The van der Waals surface area contributed by atoms with E-state index < -0.39 is 18.1 Å². The maximum absolute atomic E-state index is 11.6. The fourth-order valence-corrected chi connectivity index (χ4v) is 1.51. The van der Waals surface area contributed by atoms with Crippen LogP contribution in [0.3, 0.4) is 0 Å². The molecule has 0 aromatic heterocycles. The fraction of sp³-hybridized carbons (Fsp3) is 0.846. The van der Waals surface area contributed by atoms with E-state index in [1.165, 1.54) is 11.9 Å². The van der Waals surface area contributed by atoms with Crippen molar-refractivity contribution in [3.63, 3.8) is 0 Å². The highest BCUT2D eigenvalue weighted by atomic mass is 16.6. The number of aliphatic carboxylic acids is 1.